The highest BCUT2D eigenvalue weighted by atomic mass is 19.1. The number of aromatic carboxylic acids is 2. The fourth-order valence-corrected chi connectivity index (χ4v) is 4.14. The molecule has 0 spiro atoms. The highest BCUT2D eigenvalue weighted by Crippen LogP contribution is 2.32. The molecule has 7 heteroatoms. The van der Waals surface area contributed by atoms with Gasteiger partial charge in [-0.25, -0.2) is 14.0 Å². The molecule has 4 rings (SSSR count). The number of methoxy groups -OCH3 is 1. The van der Waals surface area contributed by atoms with Crippen LogP contribution in [0.25, 0.3) is 11.1 Å². The van der Waals surface area contributed by atoms with Gasteiger partial charge in [0.2, 0.25) is 0 Å². The van der Waals surface area contributed by atoms with Crippen molar-refractivity contribution in [2.75, 3.05) is 7.11 Å². The Hall–Kier alpha value is -4.91. The summed E-state index contributed by atoms with van der Waals surface area (Å²) in [5.74, 6) is -1.94. The Morgan fingerprint density at radius 2 is 1.51 bits per heavy atom. The number of para-hydroxylation sites is 1. The fourth-order valence-electron chi connectivity index (χ4n) is 4.14. The summed E-state index contributed by atoms with van der Waals surface area (Å²) in [6, 6.07) is 25.7. The lowest BCUT2D eigenvalue weighted by atomic mass is 9.92. The van der Waals surface area contributed by atoms with Gasteiger partial charge in [0.05, 0.1) is 12.7 Å². The van der Waals surface area contributed by atoms with Crippen LogP contribution in [0.1, 0.15) is 51.6 Å². The molecule has 0 radical (unpaired) electrons. The van der Waals surface area contributed by atoms with Crippen LogP contribution in [0.2, 0.25) is 0 Å². The van der Waals surface area contributed by atoms with Gasteiger partial charge in [0.1, 0.15) is 22.8 Å². The van der Waals surface area contributed by atoms with Crippen molar-refractivity contribution in [3.05, 3.63) is 125 Å². The van der Waals surface area contributed by atoms with E-state index >= 15 is 0 Å². The molecule has 0 aliphatic rings. The summed E-state index contributed by atoms with van der Waals surface area (Å²) < 4.78 is 25.1. The van der Waals surface area contributed by atoms with Crippen LogP contribution in [-0.4, -0.2) is 29.3 Å². The van der Waals surface area contributed by atoms with Crippen LogP contribution in [0.15, 0.2) is 97.1 Å². The molecule has 0 aliphatic heterocycles. The number of rotatable bonds is 10. The summed E-state index contributed by atoms with van der Waals surface area (Å²) >= 11 is 0. The molecule has 6 nitrogen and oxygen atoms in total. The molecule has 0 saturated carbocycles. The molecule has 2 N–H and O–H groups in total. The summed E-state index contributed by atoms with van der Waals surface area (Å²) in [6.07, 6.45) is 7.79. The van der Waals surface area contributed by atoms with Crippen molar-refractivity contribution < 1.29 is 33.7 Å². The maximum atomic E-state index is 14.3. The molecule has 0 fully saturated rings. The average Bonchev–Trinajstić information content (AvgIpc) is 2.97. The van der Waals surface area contributed by atoms with Crippen LogP contribution in [0.3, 0.4) is 0 Å². The van der Waals surface area contributed by atoms with Gasteiger partial charge in [-0.05, 0) is 78.9 Å². The number of carboxylic acids is 2. The van der Waals surface area contributed by atoms with Crippen molar-refractivity contribution in [3.63, 3.8) is 0 Å². The highest BCUT2D eigenvalue weighted by Gasteiger charge is 2.25. The Bertz CT molecular complexity index is 1490. The number of hydrogen-bond acceptors (Lipinski definition) is 4. The van der Waals surface area contributed by atoms with Gasteiger partial charge in [0.25, 0.3) is 0 Å². The Labute approximate surface area is 239 Å². The number of benzene rings is 4. The van der Waals surface area contributed by atoms with E-state index in [2.05, 4.69) is 31.2 Å². The summed E-state index contributed by atoms with van der Waals surface area (Å²) in [4.78, 5) is 22.4. The number of aryl methyl sites for hydroxylation is 1. The minimum atomic E-state index is -1.52. The first-order chi connectivity index (χ1) is 19.7. The molecule has 0 unspecified atom stereocenters. The average molecular weight is 557 g/mol. The molecule has 0 bridgehead atoms. The molecule has 4 aromatic carbocycles. The molecule has 0 aliphatic carbocycles. The zero-order chi connectivity index (χ0) is 29.8. The van der Waals surface area contributed by atoms with E-state index < -0.39 is 28.9 Å². The van der Waals surface area contributed by atoms with Crippen LogP contribution >= 0.6 is 0 Å². The largest absolute Gasteiger partial charge is 0.497 e. The van der Waals surface area contributed by atoms with Crippen molar-refractivity contribution in [3.8, 4) is 28.4 Å². The third kappa shape index (κ3) is 8.54. The van der Waals surface area contributed by atoms with Crippen molar-refractivity contribution in [2.45, 2.75) is 33.1 Å². The standard InChI is InChI=1S/C18H20O.C16H13FO5/c1-2-3-4-6-10-16-11-9-14-18(15-16)19-17-12-7-5-8-13-17;1-8-7-11(15(18)19)14(17)13(16(20)21)12(8)9-3-5-10(22-2)6-4-9/h4-9,11-15H,2-3,10H2,1H3;3-7H,1-2H3,(H,18,19)(H,20,21). The molecule has 0 heterocycles. The maximum absolute atomic E-state index is 14.3. The topological polar surface area (TPSA) is 93.1 Å². The van der Waals surface area contributed by atoms with Gasteiger partial charge in [-0.3, -0.25) is 0 Å². The normalized spacial score (nSPS) is 10.5. The lowest BCUT2D eigenvalue weighted by molar-refractivity contribution is 0.0688. The number of unbranched alkanes of at least 4 members (excludes halogenated alkanes) is 1. The van der Waals surface area contributed by atoms with E-state index in [1.807, 2.05) is 42.5 Å². The van der Waals surface area contributed by atoms with Gasteiger partial charge in [0, 0.05) is 5.56 Å². The Morgan fingerprint density at radius 3 is 2.12 bits per heavy atom. The van der Waals surface area contributed by atoms with E-state index in [0.717, 1.165) is 30.4 Å². The summed E-state index contributed by atoms with van der Waals surface area (Å²) in [7, 11) is 1.49. The molecule has 0 saturated heterocycles. The Kier molecular flexibility index (Phi) is 11.2. The van der Waals surface area contributed by atoms with Gasteiger partial charge in [-0.2, -0.15) is 0 Å². The fraction of sp³-hybridized carbons (Fsp3) is 0.176. The first kappa shape index (κ1) is 30.6. The van der Waals surface area contributed by atoms with Crippen LogP contribution in [0, 0.1) is 12.7 Å². The van der Waals surface area contributed by atoms with Crippen LogP contribution in [0.4, 0.5) is 4.39 Å². The Morgan fingerprint density at radius 1 is 0.829 bits per heavy atom. The minimum Gasteiger partial charge on any atom is -0.497 e. The number of carbonyl (C=O) groups is 2. The van der Waals surface area contributed by atoms with Crippen molar-refractivity contribution in [1.29, 1.82) is 0 Å². The van der Waals surface area contributed by atoms with E-state index in [1.165, 1.54) is 26.0 Å². The second kappa shape index (κ2) is 15.0. The van der Waals surface area contributed by atoms with Gasteiger partial charge in [0.15, 0.2) is 5.82 Å². The van der Waals surface area contributed by atoms with Gasteiger partial charge < -0.3 is 19.7 Å². The molecule has 0 atom stereocenters. The predicted octanol–water partition coefficient (Wildman–Crippen LogP) is 8.58. The number of allylic oxidation sites excluding steroid dienone is 2. The van der Waals surface area contributed by atoms with Crippen molar-refractivity contribution in [2.24, 2.45) is 0 Å². The summed E-state index contributed by atoms with van der Waals surface area (Å²) in [6.45, 7) is 3.73. The van der Waals surface area contributed by atoms with E-state index in [-0.39, 0.29) is 5.56 Å². The molecule has 212 valence electrons. The van der Waals surface area contributed by atoms with E-state index in [4.69, 9.17) is 14.6 Å². The molecule has 4 aromatic rings. The second-order valence-corrected chi connectivity index (χ2v) is 9.17. The van der Waals surface area contributed by atoms with Crippen LogP contribution in [0.5, 0.6) is 17.2 Å². The lowest BCUT2D eigenvalue weighted by Gasteiger charge is -2.13. The Balaban J connectivity index is 0.000000228. The van der Waals surface area contributed by atoms with Gasteiger partial charge in [-0.15, -0.1) is 0 Å². The zero-order valence-electron chi connectivity index (χ0n) is 23.3. The molecule has 0 aromatic heterocycles. The van der Waals surface area contributed by atoms with Gasteiger partial charge >= 0.3 is 11.9 Å². The third-order valence-electron chi connectivity index (χ3n) is 6.14. The van der Waals surface area contributed by atoms with Crippen LogP contribution < -0.4 is 9.47 Å². The first-order valence-electron chi connectivity index (χ1n) is 13.2. The lowest BCUT2D eigenvalue weighted by Crippen LogP contribution is -2.11. The number of hydrogen-bond donors (Lipinski definition) is 2. The third-order valence-corrected chi connectivity index (χ3v) is 6.14. The maximum Gasteiger partial charge on any atom is 0.339 e. The summed E-state index contributed by atoms with van der Waals surface area (Å²) in [5, 5.41) is 18.3. The molecular formula is C34H33FO6. The van der Waals surface area contributed by atoms with E-state index in [1.54, 1.807) is 24.3 Å². The number of ether oxygens (including phenoxy) is 2. The van der Waals surface area contributed by atoms with Crippen LogP contribution in [-0.2, 0) is 6.42 Å². The first-order valence-corrected chi connectivity index (χ1v) is 13.2. The van der Waals surface area contributed by atoms with E-state index in [9.17, 15) is 19.1 Å². The molecular weight excluding hydrogens is 523 g/mol. The monoisotopic (exact) mass is 556 g/mol. The quantitative estimate of drug-likeness (QED) is 0.190. The van der Waals surface area contributed by atoms with Gasteiger partial charge in [-0.1, -0.05) is 68.0 Å². The van der Waals surface area contributed by atoms with E-state index in [0.29, 0.717) is 16.9 Å². The molecule has 0 amide bonds. The van der Waals surface area contributed by atoms with Crippen molar-refractivity contribution >= 4 is 11.9 Å². The number of halogens is 1. The smallest absolute Gasteiger partial charge is 0.339 e. The number of carboxylic acid groups (broad SMARTS) is 2. The SMILES string of the molecule is CCCC=CCc1cccc(Oc2ccccc2)c1.COc1ccc(-c2c(C)cc(C(=O)O)c(F)c2C(=O)O)cc1. The molecule has 41 heavy (non-hydrogen) atoms. The summed E-state index contributed by atoms with van der Waals surface area (Å²) in [5.41, 5.74) is 0.945. The zero-order valence-corrected chi connectivity index (χ0v) is 23.3. The minimum absolute atomic E-state index is 0.151. The van der Waals surface area contributed by atoms with Crippen molar-refractivity contribution in [1.82, 2.24) is 0 Å². The predicted molar refractivity (Wildman–Crippen MR) is 158 cm³/mol. The second-order valence-electron chi connectivity index (χ2n) is 9.17. The highest BCUT2D eigenvalue weighted by molar-refractivity contribution is 6.01.